The van der Waals surface area contributed by atoms with Gasteiger partial charge in [0.1, 0.15) is 5.75 Å². The maximum absolute atomic E-state index is 5.27. The van der Waals surface area contributed by atoms with Gasteiger partial charge in [-0.1, -0.05) is 18.2 Å². The summed E-state index contributed by atoms with van der Waals surface area (Å²) in [5, 5.41) is 8.00. The highest BCUT2D eigenvalue weighted by Gasteiger charge is 2.08. The lowest BCUT2D eigenvalue weighted by Crippen LogP contribution is -2.25. The van der Waals surface area contributed by atoms with Crippen LogP contribution >= 0.6 is 0 Å². The normalized spacial score (nSPS) is 11.2. The van der Waals surface area contributed by atoms with E-state index >= 15 is 0 Å². The number of hydrogen-bond acceptors (Lipinski definition) is 5. The molecule has 5 nitrogen and oxygen atoms in total. The lowest BCUT2D eigenvalue weighted by Gasteiger charge is -2.17. The van der Waals surface area contributed by atoms with E-state index in [-0.39, 0.29) is 0 Å². The van der Waals surface area contributed by atoms with Crippen LogP contribution in [0.5, 0.6) is 5.75 Å². The highest BCUT2D eigenvalue weighted by Crippen LogP contribution is 2.29. The molecule has 0 unspecified atom stereocenters. The molecular weight excluding hydrogens is 360 g/mol. The number of hydrogen-bond donors (Lipinski definition) is 2. The molecule has 5 heteroatoms. The second-order valence-corrected chi connectivity index (χ2v) is 7.34. The van der Waals surface area contributed by atoms with E-state index < -0.39 is 0 Å². The monoisotopic (exact) mass is 392 g/mol. The van der Waals surface area contributed by atoms with E-state index in [1.54, 1.807) is 7.11 Å². The van der Waals surface area contributed by atoms with Crippen molar-refractivity contribution in [1.29, 1.82) is 0 Å². The molecule has 0 bridgehead atoms. The van der Waals surface area contributed by atoms with Gasteiger partial charge in [-0.2, -0.15) is 0 Å². The molecule has 0 fully saturated rings. The molecule has 0 aliphatic heterocycles. The second kappa shape index (κ2) is 10.8. The molecule has 3 aromatic rings. The first-order valence-electron chi connectivity index (χ1n) is 10.3. The molecule has 29 heavy (non-hydrogen) atoms. The number of rotatable bonds is 11. The van der Waals surface area contributed by atoms with E-state index in [2.05, 4.69) is 59.0 Å². The second-order valence-electron chi connectivity index (χ2n) is 7.34. The first-order chi connectivity index (χ1) is 14.2. The Bertz CT molecular complexity index is 895. The Morgan fingerprint density at radius 3 is 2.41 bits per heavy atom. The Morgan fingerprint density at radius 1 is 0.966 bits per heavy atom. The average molecular weight is 393 g/mol. The molecule has 0 saturated heterocycles. The lowest BCUT2D eigenvalue weighted by atomic mass is 10.1. The quantitative estimate of drug-likeness (QED) is 0.478. The molecule has 0 radical (unpaired) electrons. The fourth-order valence-corrected chi connectivity index (χ4v) is 3.44. The van der Waals surface area contributed by atoms with Crippen molar-refractivity contribution < 1.29 is 4.74 Å². The van der Waals surface area contributed by atoms with Crippen molar-refractivity contribution in [2.24, 2.45) is 0 Å². The molecule has 2 N–H and O–H groups in total. The van der Waals surface area contributed by atoms with Crippen molar-refractivity contribution in [2.75, 3.05) is 52.7 Å². The molecule has 3 rings (SSSR count). The van der Waals surface area contributed by atoms with Crippen molar-refractivity contribution in [3.63, 3.8) is 0 Å². The number of pyridine rings is 1. The van der Waals surface area contributed by atoms with Gasteiger partial charge in [-0.3, -0.25) is 0 Å². The predicted octanol–water partition coefficient (Wildman–Crippen LogP) is 4.25. The van der Waals surface area contributed by atoms with E-state index in [1.165, 1.54) is 6.42 Å². The topological polar surface area (TPSA) is 49.4 Å². The van der Waals surface area contributed by atoms with Crippen LogP contribution in [0, 0.1) is 0 Å². The fourth-order valence-electron chi connectivity index (χ4n) is 3.44. The van der Waals surface area contributed by atoms with Gasteiger partial charge in [0.15, 0.2) is 0 Å². The van der Waals surface area contributed by atoms with E-state index in [4.69, 9.17) is 9.72 Å². The van der Waals surface area contributed by atoms with Gasteiger partial charge < -0.3 is 20.3 Å². The summed E-state index contributed by atoms with van der Waals surface area (Å²) in [6.45, 7) is 4.22. The summed E-state index contributed by atoms with van der Waals surface area (Å²) >= 11 is 0. The molecule has 1 aromatic heterocycles. The molecule has 154 valence electrons. The summed E-state index contributed by atoms with van der Waals surface area (Å²) in [6, 6.07) is 18.5. The first kappa shape index (κ1) is 21.1. The van der Waals surface area contributed by atoms with Crippen LogP contribution in [0.4, 0.5) is 5.69 Å². The predicted molar refractivity (Wildman–Crippen MR) is 123 cm³/mol. The summed E-state index contributed by atoms with van der Waals surface area (Å²) in [6.07, 6.45) is 2.28. The minimum atomic E-state index is 0.853. The molecule has 0 atom stereocenters. The number of ether oxygens (including phenoxy) is 1. The summed E-state index contributed by atoms with van der Waals surface area (Å²) in [5.41, 5.74) is 4.20. The van der Waals surface area contributed by atoms with Gasteiger partial charge in [0.05, 0.1) is 18.3 Å². The molecule has 0 aliphatic carbocycles. The zero-order valence-corrected chi connectivity index (χ0v) is 17.7. The van der Waals surface area contributed by atoms with Gasteiger partial charge in [-0.15, -0.1) is 0 Å². The lowest BCUT2D eigenvalue weighted by molar-refractivity contribution is 0.327. The SMILES string of the molecule is CNCCCN(C)CCCNc1cc(-c2ccc(OC)cc2)nc2ccccc12. The minimum absolute atomic E-state index is 0.853. The van der Waals surface area contributed by atoms with Crippen LogP contribution < -0.4 is 15.4 Å². The largest absolute Gasteiger partial charge is 0.497 e. The highest BCUT2D eigenvalue weighted by molar-refractivity contribution is 5.93. The van der Waals surface area contributed by atoms with Gasteiger partial charge in [-0.25, -0.2) is 4.98 Å². The third-order valence-electron chi connectivity index (χ3n) is 5.10. The van der Waals surface area contributed by atoms with Crippen molar-refractivity contribution in [2.45, 2.75) is 12.8 Å². The van der Waals surface area contributed by atoms with Gasteiger partial charge in [0.25, 0.3) is 0 Å². The standard InChI is InChI=1S/C24H32N4O/c1-25-14-6-16-28(2)17-7-15-26-24-18-23(19-10-12-20(29-3)13-11-19)27-22-9-5-4-8-21(22)24/h4-5,8-13,18,25H,6-7,14-17H2,1-3H3,(H,26,27). The Kier molecular flexibility index (Phi) is 7.85. The Hall–Kier alpha value is -2.63. The molecule has 1 heterocycles. The first-order valence-corrected chi connectivity index (χ1v) is 10.3. The summed E-state index contributed by atoms with van der Waals surface area (Å²) < 4.78 is 5.27. The number of anilines is 1. The van der Waals surface area contributed by atoms with Crippen LogP contribution in [-0.4, -0.2) is 57.3 Å². The highest BCUT2D eigenvalue weighted by atomic mass is 16.5. The summed E-state index contributed by atoms with van der Waals surface area (Å²) in [5.74, 6) is 0.853. The van der Waals surface area contributed by atoms with Crippen LogP contribution in [0.3, 0.4) is 0 Å². The zero-order valence-electron chi connectivity index (χ0n) is 17.7. The van der Waals surface area contributed by atoms with Crippen LogP contribution in [0.1, 0.15) is 12.8 Å². The number of fused-ring (bicyclic) bond motifs is 1. The van der Waals surface area contributed by atoms with Crippen molar-refractivity contribution in [1.82, 2.24) is 15.2 Å². The van der Waals surface area contributed by atoms with Crippen molar-refractivity contribution in [3.8, 4) is 17.0 Å². The molecule has 2 aromatic carbocycles. The number of nitrogens with one attached hydrogen (secondary N) is 2. The van der Waals surface area contributed by atoms with Crippen molar-refractivity contribution in [3.05, 3.63) is 54.6 Å². The van der Waals surface area contributed by atoms with Gasteiger partial charge in [0.2, 0.25) is 0 Å². The number of nitrogens with zero attached hydrogens (tertiary/aromatic N) is 2. The van der Waals surface area contributed by atoms with E-state index in [9.17, 15) is 0 Å². The number of aromatic nitrogens is 1. The number of benzene rings is 2. The molecule has 0 saturated carbocycles. The van der Waals surface area contributed by atoms with E-state index in [1.807, 2.05) is 25.2 Å². The third kappa shape index (κ3) is 5.92. The summed E-state index contributed by atoms with van der Waals surface area (Å²) in [4.78, 5) is 7.26. The number of methoxy groups -OCH3 is 1. The molecule has 0 spiro atoms. The fraction of sp³-hybridized carbons (Fsp3) is 0.375. The van der Waals surface area contributed by atoms with Gasteiger partial charge >= 0.3 is 0 Å². The van der Waals surface area contributed by atoms with Gasteiger partial charge in [0, 0.05) is 23.2 Å². The minimum Gasteiger partial charge on any atom is -0.497 e. The Morgan fingerprint density at radius 2 is 1.69 bits per heavy atom. The molecule has 0 aliphatic rings. The van der Waals surface area contributed by atoms with E-state index in [0.717, 1.165) is 66.2 Å². The average Bonchev–Trinajstić information content (AvgIpc) is 2.76. The number of para-hydroxylation sites is 1. The molecular formula is C24H32N4O. The Balaban J connectivity index is 1.69. The maximum Gasteiger partial charge on any atom is 0.118 e. The van der Waals surface area contributed by atoms with Crippen LogP contribution in [0.25, 0.3) is 22.2 Å². The maximum atomic E-state index is 5.27. The molecule has 0 amide bonds. The summed E-state index contributed by atoms with van der Waals surface area (Å²) in [7, 11) is 5.88. The zero-order chi connectivity index (χ0) is 20.5. The van der Waals surface area contributed by atoms with Gasteiger partial charge in [-0.05, 0) is 83.0 Å². The van der Waals surface area contributed by atoms with Crippen LogP contribution in [0.2, 0.25) is 0 Å². The third-order valence-corrected chi connectivity index (χ3v) is 5.10. The van der Waals surface area contributed by atoms with Crippen LogP contribution in [-0.2, 0) is 0 Å². The van der Waals surface area contributed by atoms with Crippen molar-refractivity contribution >= 4 is 16.6 Å². The smallest absolute Gasteiger partial charge is 0.118 e. The Labute approximate surface area is 174 Å². The van der Waals surface area contributed by atoms with Crippen LogP contribution in [0.15, 0.2) is 54.6 Å². The van der Waals surface area contributed by atoms with E-state index in [0.29, 0.717) is 0 Å².